The van der Waals surface area contributed by atoms with Crippen molar-refractivity contribution < 1.29 is 14.8 Å². The van der Waals surface area contributed by atoms with Crippen LogP contribution in [0.15, 0.2) is 35.4 Å². The van der Waals surface area contributed by atoms with E-state index in [2.05, 4.69) is 17.2 Å². The van der Waals surface area contributed by atoms with E-state index in [0.29, 0.717) is 11.1 Å². The van der Waals surface area contributed by atoms with E-state index < -0.39 is 5.91 Å². The molecule has 1 rings (SSSR count). The molecule has 6 nitrogen and oxygen atoms in total. The van der Waals surface area contributed by atoms with Crippen LogP contribution in [-0.2, 0) is 4.79 Å². The summed E-state index contributed by atoms with van der Waals surface area (Å²) >= 11 is 0. The van der Waals surface area contributed by atoms with Crippen LogP contribution in [-0.4, -0.2) is 23.7 Å². The van der Waals surface area contributed by atoms with Gasteiger partial charge in [-0.25, -0.2) is 10.9 Å². The molecule has 2 amide bonds. The highest BCUT2D eigenvalue weighted by Crippen LogP contribution is 2.07. The number of hydrazone groups is 1. The SMILES string of the molecule is C=NNC(=O)c1cccc(/C=C/C(=O)NO)c1. The quantitative estimate of drug-likeness (QED) is 0.307. The van der Waals surface area contributed by atoms with E-state index in [9.17, 15) is 9.59 Å². The lowest BCUT2D eigenvalue weighted by atomic mass is 10.1. The molecule has 1 aromatic carbocycles. The second kappa shape index (κ2) is 6.19. The molecule has 0 spiro atoms. The van der Waals surface area contributed by atoms with Crippen LogP contribution in [0.2, 0.25) is 0 Å². The number of carbonyl (C=O) groups is 2. The molecule has 0 aromatic heterocycles. The van der Waals surface area contributed by atoms with Gasteiger partial charge in [0.2, 0.25) is 0 Å². The van der Waals surface area contributed by atoms with Crippen LogP contribution in [0.3, 0.4) is 0 Å². The maximum atomic E-state index is 11.4. The highest BCUT2D eigenvalue weighted by molar-refractivity contribution is 5.95. The molecule has 0 aliphatic carbocycles. The van der Waals surface area contributed by atoms with Crippen LogP contribution in [0, 0.1) is 0 Å². The van der Waals surface area contributed by atoms with Crippen molar-refractivity contribution >= 4 is 24.6 Å². The molecular weight excluding hydrogens is 222 g/mol. The number of hydrogen-bond donors (Lipinski definition) is 3. The summed E-state index contributed by atoms with van der Waals surface area (Å²) in [6, 6.07) is 6.54. The van der Waals surface area contributed by atoms with Crippen LogP contribution in [0.4, 0.5) is 0 Å². The zero-order valence-electron chi connectivity index (χ0n) is 8.88. The number of carbonyl (C=O) groups excluding carboxylic acids is 2. The second-order valence-electron chi connectivity index (χ2n) is 3.03. The lowest BCUT2D eigenvalue weighted by molar-refractivity contribution is -0.124. The van der Waals surface area contributed by atoms with Crippen LogP contribution in [0.1, 0.15) is 15.9 Å². The predicted octanol–water partition coefficient (Wildman–Crippen LogP) is 0.551. The smallest absolute Gasteiger partial charge is 0.271 e. The van der Waals surface area contributed by atoms with Crippen LogP contribution in [0.25, 0.3) is 6.08 Å². The molecule has 0 unspecified atom stereocenters. The fourth-order valence-electron chi connectivity index (χ4n) is 1.13. The highest BCUT2D eigenvalue weighted by atomic mass is 16.5. The summed E-state index contributed by atoms with van der Waals surface area (Å²) in [6.45, 7) is 3.14. The first-order valence-corrected chi connectivity index (χ1v) is 4.65. The van der Waals surface area contributed by atoms with E-state index in [4.69, 9.17) is 5.21 Å². The molecule has 0 aliphatic heterocycles. The van der Waals surface area contributed by atoms with E-state index in [1.165, 1.54) is 11.6 Å². The van der Waals surface area contributed by atoms with Crippen molar-refractivity contribution in [3.8, 4) is 0 Å². The Hall–Kier alpha value is -2.47. The van der Waals surface area contributed by atoms with Gasteiger partial charge >= 0.3 is 0 Å². The minimum atomic E-state index is -0.646. The monoisotopic (exact) mass is 233 g/mol. The Morgan fingerprint density at radius 2 is 2.18 bits per heavy atom. The van der Waals surface area contributed by atoms with Gasteiger partial charge in [0.1, 0.15) is 0 Å². The topological polar surface area (TPSA) is 90.8 Å². The molecule has 0 atom stereocenters. The summed E-state index contributed by atoms with van der Waals surface area (Å²) in [6.07, 6.45) is 2.60. The molecule has 0 bridgehead atoms. The normalized spacial score (nSPS) is 9.94. The Morgan fingerprint density at radius 1 is 1.41 bits per heavy atom. The van der Waals surface area contributed by atoms with E-state index in [1.54, 1.807) is 24.3 Å². The maximum Gasteiger partial charge on any atom is 0.271 e. The average Bonchev–Trinajstić information content (AvgIpc) is 2.36. The standard InChI is InChI=1S/C11H11N3O3/c1-12-13-11(16)9-4-2-3-8(7-9)5-6-10(15)14-17/h2-7,17H,1H2,(H,13,16)(H,14,15)/b6-5+. The number of hydrogen-bond acceptors (Lipinski definition) is 4. The van der Waals surface area contributed by atoms with Gasteiger partial charge in [-0.1, -0.05) is 12.1 Å². The zero-order chi connectivity index (χ0) is 12.7. The number of hydroxylamine groups is 1. The van der Waals surface area contributed by atoms with Crippen molar-refractivity contribution in [3.63, 3.8) is 0 Å². The largest absolute Gasteiger partial charge is 0.288 e. The minimum Gasteiger partial charge on any atom is -0.288 e. The fourth-order valence-corrected chi connectivity index (χ4v) is 1.13. The summed E-state index contributed by atoms with van der Waals surface area (Å²) in [4.78, 5) is 22.2. The Kier molecular flexibility index (Phi) is 4.58. The van der Waals surface area contributed by atoms with Gasteiger partial charge in [-0.3, -0.25) is 14.8 Å². The van der Waals surface area contributed by atoms with Gasteiger partial charge in [-0.2, -0.15) is 5.10 Å². The highest BCUT2D eigenvalue weighted by Gasteiger charge is 2.03. The summed E-state index contributed by atoms with van der Waals surface area (Å²) in [5.74, 6) is -1.03. The van der Waals surface area contributed by atoms with Gasteiger partial charge < -0.3 is 0 Å². The van der Waals surface area contributed by atoms with Crippen molar-refractivity contribution in [3.05, 3.63) is 41.5 Å². The van der Waals surface area contributed by atoms with Gasteiger partial charge in [0.25, 0.3) is 11.8 Å². The molecule has 0 radical (unpaired) electrons. The molecule has 0 heterocycles. The number of nitrogens with one attached hydrogen (secondary N) is 2. The molecule has 3 N–H and O–H groups in total. The lowest BCUT2D eigenvalue weighted by Crippen LogP contribution is -2.16. The number of amides is 2. The van der Waals surface area contributed by atoms with Gasteiger partial charge in [0.05, 0.1) is 0 Å². The predicted molar refractivity (Wildman–Crippen MR) is 62.4 cm³/mol. The maximum absolute atomic E-state index is 11.4. The van der Waals surface area contributed by atoms with Crippen molar-refractivity contribution in [2.24, 2.45) is 5.10 Å². The first-order valence-electron chi connectivity index (χ1n) is 4.65. The van der Waals surface area contributed by atoms with Gasteiger partial charge in [-0.05, 0) is 23.8 Å². The van der Waals surface area contributed by atoms with Crippen LogP contribution < -0.4 is 10.9 Å². The minimum absolute atomic E-state index is 0.387. The van der Waals surface area contributed by atoms with Crippen LogP contribution >= 0.6 is 0 Å². The molecule has 0 aliphatic rings. The Labute approximate surface area is 97.6 Å². The second-order valence-corrected chi connectivity index (χ2v) is 3.03. The summed E-state index contributed by atoms with van der Waals surface area (Å²) in [7, 11) is 0. The number of rotatable bonds is 4. The van der Waals surface area contributed by atoms with Crippen LogP contribution in [0.5, 0.6) is 0 Å². The molecule has 1 aromatic rings. The Morgan fingerprint density at radius 3 is 2.82 bits per heavy atom. The van der Waals surface area contributed by atoms with Crippen molar-refractivity contribution in [2.75, 3.05) is 0 Å². The molecule has 88 valence electrons. The zero-order valence-corrected chi connectivity index (χ0v) is 8.88. The Balaban J connectivity index is 2.86. The molecule has 17 heavy (non-hydrogen) atoms. The van der Waals surface area contributed by atoms with E-state index in [-0.39, 0.29) is 5.91 Å². The van der Waals surface area contributed by atoms with E-state index in [0.717, 1.165) is 6.08 Å². The number of benzene rings is 1. The van der Waals surface area contributed by atoms with Gasteiger partial charge in [0, 0.05) is 18.4 Å². The molecule has 0 saturated carbocycles. The fraction of sp³-hybridized carbons (Fsp3) is 0. The van der Waals surface area contributed by atoms with E-state index >= 15 is 0 Å². The average molecular weight is 233 g/mol. The molecule has 0 saturated heterocycles. The van der Waals surface area contributed by atoms with Gasteiger partial charge in [0.15, 0.2) is 0 Å². The summed E-state index contributed by atoms with van der Waals surface area (Å²) < 4.78 is 0. The van der Waals surface area contributed by atoms with Crippen molar-refractivity contribution in [1.29, 1.82) is 0 Å². The van der Waals surface area contributed by atoms with E-state index in [1.807, 2.05) is 0 Å². The lowest BCUT2D eigenvalue weighted by Gasteiger charge is -2.00. The Bertz CT molecular complexity index is 469. The third kappa shape index (κ3) is 3.88. The van der Waals surface area contributed by atoms with Gasteiger partial charge in [-0.15, -0.1) is 0 Å². The summed E-state index contributed by atoms with van der Waals surface area (Å²) in [5, 5.41) is 11.6. The van der Waals surface area contributed by atoms with Crippen molar-refractivity contribution in [1.82, 2.24) is 10.9 Å². The molecule has 6 heteroatoms. The third-order valence-electron chi connectivity index (χ3n) is 1.87. The summed E-state index contributed by atoms with van der Waals surface area (Å²) in [5.41, 5.74) is 4.70. The third-order valence-corrected chi connectivity index (χ3v) is 1.87. The molecule has 0 fully saturated rings. The van der Waals surface area contributed by atoms with Crippen molar-refractivity contribution in [2.45, 2.75) is 0 Å². The number of nitrogens with zero attached hydrogens (tertiary/aromatic N) is 1. The first-order chi connectivity index (χ1) is 8.17. The molecular formula is C11H11N3O3. The first kappa shape index (κ1) is 12.6.